The van der Waals surface area contributed by atoms with Gasteiger partial charge in [-0.1, -0.05) is 51.5 Å². The van der Waals surface area contributed by atoms with Crippen molar-refractivity contribution < 1.29 is 4.79 Å². The number of hydrogen-bond acceptors (Lipinski definition) is 2. The van der Waals surface area contributed by atoms with Gasteiger partial charge in [0.05, 0.1) is 12.1 Å². The highest BCUT2D eigenvalue weighted by Crippen LogP contribution is 2.18. The number of amides is 1. The molecule has 1 amide bonds. The van der Waals surface area contributed by atoms with E-state index in [1.165, 1.54) is 5.56 Å². The summed E-state index contributed by atoms with van der Waals surface area (Å²) in [4.78, 5) is 11.9. The highest BCUT2D eigenvalue weighted by Gasteiger charge is 2.15. The number of nitrogens with two attached hydrogens (primary N) is 1. The fourth-order valence-corrected chi connectivity index (χ4v) is 2.02. The average molecular weight is 262 g/mol. The summed E-state index contributed by atoms with van der Waals surface area (Å²) in [5.41, 5.74) is 8.23. The van der Waals surface area contributed by atoms with Crippen molar-refractivity contribution in [3.8, 4) is 0 Å². The number of benzene rings is 1. The van der Waals surface area contributed by atoms with Gasteiger partial charge in [-0.15, -0.1) is 0 Å². The molecule has 0 heterocycles. The van der Waals surface area contributed by atoms with Gasteiger partial charge in [0, 0.05) is 0 Å². The van der Waals surface area contributed by atoms with Gasteiger partial charge in [-0.05, 0) is 30.4 Å². The van der Waals surface area contributed by atoms with Gasteiger partial charge >= 0.3 is 0 Å². The first-order chi connectivity index (χ1) is 8.95. The highest BCUT2D eigenvalue weighted by molar-refractivity contribution is 5.81. The lowest BCUT2D eigenvalue weighted by Gasteiger charge is -2.18. The minimum absolute atomic E-state index is 0.00313. The summed E-state index contributed by atoms with van der Waals surface area (Å²) in [7, 11) is 0. The lowest BCUT2D eigenvalue weighted by Crippen LogP contribution is -2.41. The largest absolute Gasteiger partial charge is 0.348 e. The molecule has 0 spiro atoms. The zero-order chi connectivity index (χ0) is 14.4. The van der Waals surface area contributed by atoms with Crippen LogP contribution in [0.2, 0.25) is 0 Å². The van der Waals surface area contributed by atoms with E-state index in [0.29, 0.717) is 5.92 Å². The van der Waals surface area contributed by atoms with E-state index >= 15 is 0 Å². The van der Waals surface area contributed by atoms with E-state index in [-0.39, 0.29) is 11.9 Å². The van der Waals surface area contributed by atoms with E-state index in [0.717, 1.165) is 18.4 Å². The minimum atomic E-state index is -0.401. The summed E-state index contributed by atoms with van der Waals surface area (Å²) in [5.74, 6) is 0.458. The van der Waals surface area contributed by atoms with Crippen molar-refractivity contribution in [3.05, 3.63) is 35.4 Å². The third-order valence-corrected chi connectivity index (χ3v) is 3.40. The maximum atomic E-state index is 11.9. The first kappa shape index (κ1) is 15.7. The Morgan fingerprint density at radius 2 is 1.68 bits per heavy atom. The molecule has 0 saturated carbocycles. The molecule has 0 aliphatic rings. The summed E-state index contributed by atoms with van der Waals surface area (Å²) >= 11 is 0. The van der Waals surface area contributed by atoms with Crippen LogP contribution in [0.3, 0.4) is 0 Å². The van der Waals surface area contributed by atoms with Crippen LogP contribution in [-0.4, -0.2) is 11.9 Å². The molecule has 106 valence electrons. The Morgan fingerprint density at radius 1 is 1.16 bits per heavy atom. The Labute approximate surface area is 116 Å². The van der Waals surface area contributed by atoms with E-state index in [9.17, 15) is 4.79 Å². The van der Waals surface area contributed by atoms with Crippen LogP contribution in [0.15, 0.2) is 24.3 Å². The van der Waals surface area contributed by atoms with E-state index in [1.807, 2.05) is 13.8 Å². The van der Waals surface area contributed by atoms with E-state index in [4.69, 9.17) is 5.73 Å². The Balaban J connectivity index is 2.62. The summed E-state index contributed by atoms with van der Waals surface area (Å²) < 4.78 is 0. The van der Waals surface area contributed by atoms with Crippen LogP contribution in [0.1, 0.15) is 63.6 Å². The lowest BCUT2D eigenvalue weighted by atomic mass is 9.99. The molecule has 0 saturated heterocycles. The van der Waals surface area contributed by atoms with Gasteiger partial charge in [0.25, 0.3) is 0 Å². The Hall–Kier alpha value is -1.35. The average Bonchev–Trinajstić information content (AvgIpc) is 2.38. The monoisotopic (exact) mass is 262 g/mol. The van der Waals surface area contributed by atoms with Gasteiger partial charge in [0.15, 0.2) is 0 Å². The number of rotatable bonds is 6. The fourth-order valence-electron chi connectivity index (χ4n) is 2.02. The predicted molar refractivity (Wildman–Crippen MR) is 80.0 cm³/mol. The molecular formula is C16H26N2O. The second-order valence-electron chi connectivity index (χ2n) is 5.45. The molecule has 1 unspecified atom stereocenters. The number of nitrogens with one attached hydrogen (secondary N) is 1. The van der Waals surface area contributed by atoms with Crippen molar-refractivity contribution in [1.82, 2.24) is 5.32 Å². The third-order valence-electron chi connectivity index (χ3n) is 3.40. The van der Waals surface area contributed by atoms with Gasteiger partial charge in [-0.2, -0.15) is 0 Å². The van der Waals surface area contributed by atoms with Gasteiger partial charge in [0.2, 0.25) is 5.91 Å². The summed E-state index contributed by atoms with van der Waals surface area (Å²) in [6.07, 6.45) is 1.65. The second kappa shape index (κ2) is 7.29. The molecule has 19 heavy (non-hydrogen) atoms. The maximum Gasteiger partial charge on any atom is 0.237 e. The smallest absolute Gasteiger partial charge is 0.237 e. The molecule has 3 heteroatoms. The maximum absolute atomic E-state index is 11.9. The Morgan fingerprint density at radius 3 is 2.16 bits per heavy atom. The molecular weight excluding hydrogens is 236 g/mol. The zero-order valence-corrected chi connectivity index (χ0v) is 12.4. The van der Waals surface area contributed by atoms with Crippen LogP contribution in [0, 0.1) is 0 Å². The van der Waals surface area contributed by atoms with Crippen LogP contribution in [0.4, 0.5) is 0 Å². The van der Waals surface area contributed by atoms with Gasteiger partial charge < -0.3 is 11.1 Å². The normalized spacial score (nSPS) is 14.2. The van der Waals surface area contributed by atoms with Crippen LogP contribution in [-0.2, 0) is 4.79 Å². The van der Waals surface area contributed by atoms with Crippen molar-refractivity contribution in [1.29, 1.82) is 0 Å². The molecule has 0 fully saturated rings. The SMILES string of the molecule is CCC[C@@H](N)C(=O)NC(C)c1ccc(C(C)C)cc1. The summed E-state index contributed by atoms with van der Waals surface area (Å²) in [6, 6.07) is 7.99. The molecule has 3 N–H and O–H groups in total. The van der Waals surface area contributed by atoms with Gasteiger partial charge in [-0.25, -0.2) is 0 Å². The standard InChI is InChI=1S/C16H26N2O/c1-5-6-15(17)16(19)18-12(4)14-9-7-13(8-10-14)11(2)3/h7-12,15H,5-6,17H2,1-4H3,(H,18,19)/t12?,15-/m1/s1. The molecule has 0 radical (unpaired) electrons. The fraction of sp³-hybridized carbons (Fsp3) is 0.562. The van der Waals surface area contributed by atoms with Crippen molar-refractivity contribution in [2.24, 2.45) is 5.73 Å². The van der Waals surface area contributed by atoms with Crippen molar-refractivity contribution in [3.63, 3.8) is 0 Å². The molecule has 1 aromatic rings. The van der Waals surface area contributed by atoms with Crippen molar-refractivity contribution in [2.75, 3.05) is 0 Å². The van der Waals surface area contributed by atoms with Crippen LogP contribution in [0.25, 0.3) is 0 Å². The Kier molecular flexibility index (Phi) is 6.03. The molecule has 3 nitrogen and oxygen atoms in total. The summed E-state index contributed by atoms with van der Waals surface area (Å²) in [6.45, 7) is 8.36. The minimum Gasteiger partial charge on any atom is -0.348 e. The molecule has 1 rings (SSSR count). The van der Waals surface area contributed by atoms with Crippen LogP contribution < -0.4 is 11.1 Å². The van der Waals surface area contributed by atoms with Crippen LogP contribution in [0.5, 0.6) is 0 Å². The van der Waals surface area contributed by atoms with Gasteiger partial charge in [-0.3, -0.25) is 4.79 Å². The predicted octanol–water partition coefficient (Wildman–Crippen LogP) is 3.11. The van der Waals surface area contributed by atoms with Gasteiger partial charge in [0.1, 0.15) is 0 Å². The molecule has 0 aliphatic heterocycles. The van der Waals surface area contributed by atoms with Crippen molar-refractivity contribution >= 4 is 5.91 Å². The van der Waals surface area contributed by atoms with E-state index < -0.39 is 6.04 Å². The first-order valence-corrected chi connectivity index (χ1v) is 7.11. The Bertz CT molecular complexity index is 398. The number of carbonyl (C=O) groups is 1. The molecule has 0 bridgehead atoms. The van der Waals surface area contributed by atoms with E-state index in [1.54, 1.807) is 0 Å². The third kappa shape index (κ3) is 4.67. The topological polar surface area (TPSA) is 55.1 Å². The molecule has 1 aromatic carbocycles. The molecule has 0 aromatic heterocycles. The zero-order valence-electron chi connectivity index (χ0n) is 12.4. The quantitative estimate of drug-likeness (QED) is 0.827. The lowest BCUT2D eigenvalue weighted by molar-refractivity contribution is -0.123. The van der Waals surface area contributed by atoms with Crippen molar-refractivity contribution in [2.45, 2.75) is 58.5 Å². The summed E-state index contributed by atoms with van der Waals surface area (Å²) in [5, 5.41) is 2.97. The molecule has 2 atom stereocenters. The molecule has 0 aliphatic carbocycles. The number of hydrogen-bond donors (Lipinski definition) is 2. The highest BCUT2D eigenvalue weighted by atomic mass is 16.2. The van der Waals surface area contributed by atoms with E-state index in [2.05, 4.69) is 43.4 Å². The number of carbonyl (C=O) groups excluding carboxylic acids is 1. The van der Waals surface area contributed by atoms with Crippen LogP contribution >= 0.6 is 0 Å². The first-order valence-electron chi connectivity index (χ1n) is 7.11. The second-order valence-corrected chi connectivity index (χ2v) is 5.45.